The monoisotopic (exact) mass is 466 g/mol. The van der Waals surface area contributed by atoms with Crippen molar-refractivity contribution < 1.29 is 13.6 Å². The van der Waals surface area contributed by atoms with Gasteiger partial charge in [0.1, 0.15) is 18.0 Å². The van der Waals surface area contributed by atoms with Gasteiger partial charge in [0.25, 0.3) is 5.91 Å². The van der Waals surface area contributed by atoms with Crippen molar-refractivity contribution in [2.45, 2.75) is 53.4 Å². The molecular formula is C27H32F2N4O. The number of rotatable bonds is 5. The number of halogens is 2. The van der Waals surface area contributed by atoms with Crippen molar-refractivity contribution in [1.82, 2.24) is 14.9 Å². The molecule has 1 fully saturated rings. The van der Waals surface area contributed by atoms with Crippen molar-refractivity contribution in [1.29, 1.82) is 5.26 Å². The van der Waals surface area contributed by atoms with Crippen LogP contribution in [0.5, 0.6) is 0 Å². The largest absolute Gasteiger partial charge is 0.339 e. The van der Waals surface area contributed by atoms with Crippen LogP contribution in [0.2, 0.25) is 0 Å². The number of nitrogens with zero attached hydrogens (tertiary/aromatic N) is 4. The molecule has 0 bridgehead atoms. The van der Waals surface area contributed by atoms with Crippen molar-refractivity contribution in [2.24, 2.45) is 5.41 Å². The van der Waals surface area contributed by atoms with Crippen LogP contribution < -0.4 is 0 Å². The highest BCUT2D eigenvalue weighted by atomic mass is 19.1. The first-order chi connectivity index (χ1) is 16.3. The summed E-state index contributed by atoms with van der Waals surface area (Å²) in [6.45, 7) is 10.2. The van der Waals surface area contributed by atoms with Gasteiger partial charge in [-0.3, -0.25) is 4.79 Å². The Hall–Kier alpha value is -3.40. The molecule has 1 saturated heterocycles. The van der Waals surface area contributed by atoms with Gasteiger partial charge in [-0.1, -0.05) is 39.0 Å². The maximum absolute atomic E-state index is 14.4. The molecule has 3 rings (SSSR count). The number of likely N-dealkylation sites (tertiary alicyclic amines) is 1. The lowest BCUT2D eigenvalue weighted by Crippen LogP contribution is -2.45. The number of hydrogen-bond acceptors (Lipinski definition) is 4. The fraction of sp³-hybridized carbons (Fsp3) is 0.407. The number of amides is 1. The quantitative estimate of drug-likeness (QED) is 0.396. The average Bonchev–Trinajstić information content (AvgIpc) is 2.88. The zero-order valence-electron chi connectivity index (χ0n) is 20.5. The van der Waals surface area contributed by atoms with Crippen LogP contribution in [0, 0.1) is 28.4 Å². The summed E-state index contributed by atoms with van der Waals surface area (Å²) in [6, 6.07) is 7.60. The number of carbonyl (C=O) groups is 1. The fourth-order valence-electron chi connectivity index (χ4n) is 4.24. The minimum atomic E-state index is -0.832. The van der Waals surface area contributed by atoms with Crippen LogP contribution in [-0.2, 0) is 4.79 Å². The molecule has 0 radical (unpaired) electrons. The van der Waals surface area contributed by atoms with Gasteiger partial charge >= 0.3 is 0 Å². The fourth-order valence-corrected chi connectivity index (χ4v) is 4.24. The molecule has 1 amide bonds. The predicted molar refractivity (Wildman–Crippen MR) is 129 cm³/mol. The summed E-state index contributed by atoms with van der Waals surface area (Å²) >= 11 is 0. The Morgan fingerprint density at radius 3 is 2.44 bits per heavy atom. The summed E-state index contributed by atoms with van der Waals surface area (Å²) in [6.07, 6.45) is 7.45. The zero-order valence-corrected chi connectivity index (χ0v) is 20.5. The number of allylic oxidation sites excluding steroid dienone is 2. The number of nitriles is 1. The Labute approximate surface area is 200 Å². The normalized spacial score (nSPS) is 16.7. The van der Waals surface area contributed by atoms with Crippen LogP contribution in [0.15, 0.2) is 54.5 Å². The summed E-state index contributed by atoms with van der Waals surface area (Å²) in [4.78, 5) is 23.2. The molecule has 0 aliphatic carbocycles. The number of benzene rings is 1. The topological polar surface area (TPSA) is 69.9 Å². The van der Waals surface area contributed by atoms with Crippen LogP contribution in [0.1, 0.15) is 64.6 Å². The smallest absolute Gasteiger partial charge is 0.254 e. The Balaban J connectivity index is 0.00000199. The highest BCUT2D eigenvalue weighted by Gasteiger charge is 2.42. The van der Waals surface area contributed by atoms with Crippen molar-refractivity contribution in [3.05, 3.63) is 77.4 Å². The van der Waals surface area contributed by atoms with E-state index in [1.807, 2.05) is 27.7 Å². The standard InChI is InChI=1S/C25H26F2N4O.C2H6/c1-4-5-20(17(2)23-8-11-29-16-30-23)24(32)31-12-9-25(15-28,10-13-31)18(3)21-7-6-19(26)14-22(21)27;1-2/h4-8,11,14,16,18H,9-10,12-13H2,1-3H3;1-2H3/b5-4-,20-17-;. The van der Waals surface area contributed by atoms with E-state index in [-0.39, 0.29) is 5.91 Å². The van der Waals surface area contributed by atoms with E-state index in [0.717, 1.165) is 11.6 Å². The lowest BCUT2D eigenvalue weighted by molar-refractivity contribution is -0.128. The molecule has 2 heterocycles. The molecule has 1 atom stereocenters. The lowest BCUT2D eigenvalue weighted by atomic mass is 9.68. The van der Waals surface area contributed by atoms with E-state index in [0.29, 0.717) is 42.8 Å². The molecule has 7 heteroatoms. The highest BCUT2D eigenvalue weighted by molar-refractivity contribution is 6.03. The molecular weight excluding hydrogens is 434 g/mol. The number of piperidine rings is 1. The number of hydrogen-bond donors (Lipinski definition) is 0. The van der Waals surface area contributed by atoms with E-state index in [1.54, 1.807) is 36.2 Å². The SMILES string of the molecule is C/C=C\C(C(=O)N1CCC(C#N)(C(C)c2ccc(F)cc2F)CC1)=C(/C)c1ccncn1.CC. The Morgan fingerprint density at radius 2 is 1.91 bits per heavy atom. The first kappa shape index (κ1) is 26.8. The van der Waals surface area contributed by atoms with Gasteiger partial charge in [-0.05, 0) is 50.0 Å². The second-order valence-corrected chi connectivity index (χ2v) is 8.08. The maximum Gasteiger partial charge on any atom is 0.254 e. The maximum atomic E-state index is 14.4. The highest BCUT2D eigenvalue weighted by Crippen LogP contribution is 2.44. The van der Waals surface area contributed by atoms with E-state index >= 15 is 0 Å². The molecule has 0 spiro atoms. The summed E-state index contributed by atoms with van der Waals surface area (Å²) in [7, 11) is 0. The minimum Gasteiger partial charge on any atom is -0.339 e. The molecule has 1 aliphatic rings. The Kier molecular flexibility index (Phi) is 9.61. The Morgan fingerprint density at radius 1 is 1.24 bits per heavy atom. The molecule has 1 aromatic carbocycles. The van der Waals surface area contributed by atoms with Gasteiger partial charge in [-0.2, -0.15) is 5.26 Å². The van der Waals surface area contributed by atoms with Gasteiger partial charge in [0.15, 0.2) is 0 Å². The van der Waals surface area contributed by atoms with Crippen LogP contribution in [0.25, 0.3) is 5.57 Å². The van der Waals surface area contributed by atoms with Gasteiger partial charge < -0.3 is 4.90 Å². The molecule has 0 saturated carbocycles. The molecule has 1 aromatic heterocycles. The molecule has 0 N–H and O–H groups in total. The van der Waals surface area contributed by atoms with E-state index in [4.69, 9.17) is 0 Å². The van der Waals surface area contributed by atoms with Crippen molar-refractivity contribution in [3.8, 4) is 6.07 Å². The van der Waals surface area contributed by atoms with E-state index in [9.17, 15) is 18.8 Å². The van der Waals surface area contributed by atoms with E-state index in [1.165, 1.54) is 18.5 Å². The Bertz CT molecular complexity index is 1080. The zero-order chi connectivity index (χ0) is 25.3. The average molecular weight is 467 g/mol. The van der Waals surface area contributed by atoms with Gasteiger partial charge in [0.2, 0.25) is 0 Å². The van der Waals surface area contributed by atoms with E-state index in [2.05, 4.69) is 16.0 Å². The summed E-state index contributed by atoms with van der Waals surface area (Å²) in [5.41, 5.74) is 1.44. The first-order valence-electron chi connectivity index (χ1n) is 11.6. The molecule has 2 aromatic rings. The van der Waals surface area contributed by atoms with Gasteiger partial charge in [0, 0.05) is 36.8 Å². The third kappa shape index (κ3) is 5.74. The van der Waals surface area contributed by atoms with Gasteiger partial charge in [0.05, 0.1) is 17.2 Å². The van der Waals surface area contributed by atoms with Crippen LogP contribution in [0.3, 0.4) is 0 Å². The van der Waals surface area contributed by atoms with E-state index < -0.39 is 23.0 Å². The predicted octanol–water partition coefficient (Wildman–Crippen LogP) is 6.07. The second kappa shape index (κ2) is 12.2. The second-order valence-electron chi connectivity index (χ2n) is 8.08. The third-order valence-electron chi connectivity index (χ3n) is 6.36. The molecule has 1 unspecified atom stereocenters. The number of carbonyl (C=O) groups excluding carboxylic acids is 1. The van der Waals surface area contributed by atoms with Crippen molar-refractivity contribution >= 4 is 11.5 Å². The lowest BCUT2D eigenvalue weighted by Gasteiger charge is -2.41. The van der Waals surface area contributed by atoms with Crippen LogP contribution in [-0.4, -0.2) is 33.9 Å². The third-order valence-corrected chi connectivity index (χ3v) is 6.36. The minimum absolute atomic E-state index is 0.133. The molecule has 34 heavy (non-hydrogen) atoms. The number of aromatic nitrogens is 2. The van der Waals surface area contributed by atoms with Crippen molar-refractivity contribution in [2.75, 3.05) is 13.1 Å². The van der Waals surface area contributed by atoms with Crippen molar-refractivity contribution in [3.63, 3.8) is 0 Å². The van der Waals surface area contributed by atoms with Gasteiger partial charge in [-0.25, -0.2) is 18.7 Å². The summed E-state index contributed by atoms with van der Waals surface area (Å²) in [5, 5.41) is 9.99. The summed E-state index contributed by atoms with van der Waals surface area (Å²) < 4.78 is 27.7. The molecule has 5 nitrogen and oxygen atoms in total. The molecule has 1 aliphatic heterocycles. The first-order valence-corrected chi connectivity index (χ1v) is 11.6. The summed E-state index contributed by atoms with van der Waals surface area (Å²) in [5.74, 6) is -1.86. The van der Waals surface area contributed by atoms with Gasteiger partial charge in [-0.15, -0.1) is 0 Å². The van der Waals surface area contributed by atoms with Crippen LogP contribution in [0.4, 0.5) is 8.78 Å². The van der Waals surface area contributed by atoms with Crippen LogP contribution >= 0.6 is 0 Å². The molecule has 180 valence electrons.